The molecule has 3 aromatic rings. The molecular formula is C30H36ClF3N6O3. The van der Waals surface area contributed by atoms with Crippen LogP contribution >= 0.6 is 11.6 Å². The van der Waals surface area contributed by atoms with Gasteiger partial charge in [0, 0.05) is 51.9 Å². The van der Waals surface area contributed by atoms with Gasteiger partial charge in [0.2, 0.25) is 5.91 Å². The minimum atomic E-state index is -4.42. The van der Waals surface area contributed by atoms with Gasteiger partial charge in [0.1, 0.15) is 0 Å². The number of nitrogens with zero attached hydrogens (tertiary/aromatic N) is 4. The molecule has 2 N–H and O–H groups in total. The second kappa shape index (κ2) is 14.2. The lowest BCUT2D eigenvalue weighted by Crippen LogP contribution is -2.49. The highest BCUT2D eigenvalue weighted by molar-refractivity contribution is 6.33. The van der Waals surface area contributed by atoms with Crippen molar-refractivity contribution in [3.05, 3.63) is 70.5 Å². The van der Waals surface area contributed by atoms with Gasteiger partial charge in [0.25, 0.3) is 5.91 Å². The number of carbonyl (C=O) groups excluding carboxylic acids is 2. The second-order valence-electron chi connectivity index (χ2n) is 10.4. The Hall–Kier alpha value is -3.61. The number of nitrogens with one attached hydrogen (secondary N) is 2. The fraction of sp³-hybridized carbons (Fsp3) is 0.433. The zero-order valence-corrected chi connectivity index (χ0v) is 25.1. The fourth-order valence-corrected chi connectivity index (χ4v) is 5.44. The Labute approximate surface area is 253 Å². The highest BCUT2D eigenvalue weighted by atomic mass is 35.5. The molecule has 2 amide bonds. The van der Waals surface area contributed by atoms with E-state index in [1.54, 1.807) is 20.0 Å². The van der Waals surface area contributed by atoms with Crippen molar-refractivity contribution in [1.82, 2.24) is 20.0 Å². The van der Waals surface area contributed by atoms with Crippen molar-refractivity contribution in [2.24, 2.45) is 0 Å². The van der Waals surface area contributed by atoms with Gasteiger partial charge in [0.05, 0.1) is 52.6 Å². The molecule has 43 heavy (non-hydrogen) atoms. The zero-order valence-electron chi connectivity index (χ0n) is 24.4. The molecule has 2 aliphatic heterocycles. The Morgan fingerprint density at radius 2 is 1.65 bits per heavy atom. The molecule has 0 aliphatic carbocycles. The number of alkyl halides is 3. The number of ether oxygens (including phenoxy) is 1. The Bertz CT molecular complexity index is 1400. The minimum Gasteiger partial charge on any atom is -0.379 e. The van der Waals surface area contributed by atoms with Crippen LogP contribution in [0.2, 0.25) is 5.02 Å². The molecular weight excluding hydrogens is 585 g/mol. The maximum absolute atomic E-state index is 13.0. The van der Waals surface area contributed by atoms with E-state index in [-0.39, 0.29) is 11.8 Å². The third-order valence-electron chi connectivity index (χ3n) is 7.62. The molecule has 5 rings (SSSR count). The first-order valence-corrected chi connectivity index (χ1v) is 14.4. The Morgan fingerprint density at radius 1 is 1.02 bits per heavy atom. The van der Waals surface area contributed by atoms with Crippen LogP contribution in [-0.4, -0.2) is 79.0 Å². The van der Waals surface area contributed by atoms with Crippen molar-refractivity contribution >= 4 is 34.8 Å². The largest absolute Gasteiger partial charge is 0.416 e. The van der Waals surface area contributed by atoms with Crippen LogP contribution < -0.4 is 15.5 Å². The molecule has 2 aromatic carbocycles. The SMILES string of the molecule is CNC(C)=O.Cc1c(C(=O)Nc2ccc(N3CCC(N4CCOCC4)CC3)c(Cl)c2)cnn1-c1ccc(C(F)(F)F)cc1. The van der Waals surface area contributed by atoms with E-state index in [1.807, 2.05) is 12.1 Å². The monoisotopic (exact) mass is 620 g/mol. The summed E-state index contributed by atoms with van der Waals surface area (Å²) in [5.74, 6) is -0.374. The van der Waals surface area contributed by atoms with Crippen molar-refractivity contribution in [2.45, 2.75) is 38.9 Å². The molecule has 0 spiro atoms. The van der Waals surface area contributed by atoms with Crippen molar-refractivity contribution < 1.29 is 27.5 Å². The summed E-state index contributed by atoms with van der Waals surface area (Å²) < 4.78 is 45.5. The number of piperidine rings is 1. The molecule has 0 radical (unpaired) electrons. The molecule has 0 bridgehead atoms. The average molecular weight is 621 g/mol. The first-order chi connectivity index (χ1) is 20.5. The number of halogens is 4. The van der Waals surface area contributed by atoms with Crippen LogP contribution in [0.25, 0.3) is 5.69 Å². The normalized spacial score (nSPS) is 16.3. The standard InChI is InChI=1S/C27H29ClF3N5O2.C3H7NO/c1-18-23(17-32-36(18)22-5-2-19(3-6-22)27(29,30)31)26(37)33-20-4-7-25(24(28)16-20)35-10-8-21(9-11-35)34-12-14-38-15-13-34;1-3(5)4-2/h2-7,16-17,21H,8-15H2,1H3,(H,33,37);1-2H3,(H,4,5). The van der Waals surface area contributed by atoms with Crippen LogP contribution in [0.1, 0.15) is 41.4 Å². The van der Waals surface area contributed by atoms with Crippen molar-refractivity contribution in [2.75, 3.05) is 56.7 Å². The minimum absolute atomic E-state index is 0.00463. The third-order valence-corrected chi connectivity index (χ3v) is 7.92. The third kappa shape index (κ3) is 8.27. The van der Waals surface area contributed by atoms with Gasteiger partial charge in [-0.05, 0) is 62.2 Å². The summed E-state index contributed by atoms with van der Waals surface area (Å²) in [5, 5.41) is 10.0. The summed E-state index contributed by atoms with van der Waals surface area (Å²) in [7, 11) is 1.60. The number of morpholine rings is 1. The highest BCUT2D eigenvalue weighted by Crippen LogP contribution is 2.33. The summed E-state index contributed by atoms with van der Waals surface area (Å²) in [4.78, 5) is 27.5. The molecule has 2 aliphatic rings. The van der Waals surface area contributed by atoms with Crippen LogP contribution in [-0.2, 0) is 15.7 Å². The van der Waals surface area contributed by atoms with E-state index in [4.69, 9.17) is 16.3 Å². The van der Waals surface area contributed by atoms with Gasteiger partial charge in [-0.2, -0.15) is 18.3 Å². The van der Waals surface area contributed by atoms with Crippen molar-refractivity contribution in [3.63, 3.8) is 0 Å². The van der Waals surface area contributed by atoms with E-state index in [0.29, 0.717) is 33.7 Å². The summed E-state index contributed by atoms with van der Waals surface area (Å²) in [6, 6.07) is 10.7. The Kier molecular flexibility index (Phi) is 10.7. The number of aromatic nitrogens is 2. The van der Waals surface area contributed by atoms with Crippen LogP contribution in [0.3, 0.4) is 0 Å². The van der Waals surface area contributed by atoms with E-state index >= 15 is 0 Å². The molecule has 9 nitrogen and oxygen atoms in total. The van der Waals surface area contributed by atoms with Crippen LogP contribution in [0.4, 0.5) is 24.5 Å². The predicted octanol–water partition coefficient (Wildman–Crippen LogP) is 5.16. The maximum Gasteiger partial charge on any atom is 0.416 e. The van der Waals surface area contributed by atoms with Gasteiger partial charge >= 0.3 is 6.18 Å². The number of hydrogen-bond acceptors (Lipinski definition) is 6. The number of rotatable bonds is 5. The van der Waals surface area contributed by atoms with E-state index in [0.717, 1.165) is 70.1 Å². The van der Waals surface area contributed by atoms with Crippen molar-refractivity contribution in [3.8, 4) is 5.69 Å². The molecule has 2 fully saturated rings. The lowest BCUT2D eigenvalue weighted by molar-refractivity contribution is -0.137. The Morgan fingerprint density at radius 3 is 2.21 bits per heavy atom. The Balaban J connectivity index is 0.000000782. The summed E-state index contributed by atoms with van der Waals surface area (Å²) in [6.07, 6.45) is -0.885. The van der Waals surface area contributed by atoms with Gasteiger partial charge in [0.15, 0.2) is 0 Å². The van der Waals surface area contributed by atoms with Gasteiger partial charge in [-0.25, -0.2) is 4.68 Å². The van der Waals surface area contributed by atoms with E-state index in [1.165, 1.54) is 29.9 Å². The number of carbonyl (C=O) groups is 2. The van der Waals surface area contributed by atoms with Crippen LogP contribution in [0.5, 0.6) is 0 Å². The zero-order chi connectivity index (χ0) is 31.1. The number of hydrogen-bond donors (Lipinski definition) is 2. The highest BCUT2D eigenvalue weighted by Gasteiger charge is 2.30. The van der Waals surface area contributed by atoms with Gasteiger partial charge in [-0.3, -0.25) is 14.5 Å². The lowest BCUT2D eigenvalue weighted by Gasteiger charge is -2.41. The van der Waals surface area contributed by atoms with Gasteiger partial charge in [-0.1, -0.05) is 11.6 Å². The molecule has 2 saturated heterocycles. The van der Waals surface area contributed by atoms with Gasteiger partial charge < -0.3 is 20.3 Å². The molecule has 1 aromatic heterocycles. The first kappa shape index (κ1) is 32.3. The van der Waals surface area contributed by atoms with E-state index < -0.39 is 11.7 Å². The molecule has 232 valence electrons. The summed E-state index contributed by atoms with van der Waals surface area (Å²) in [6.45, 7) is 8.57. The number of benzene rings is 2. The fourth-order valence-electron chi connectivity index (χ4n) is 5.14. The topological polar surface area (TPSA) is 91.7 Å². The second-order valence-corrected chi connectivity index (χ2v) is 10.8. The maximum atomic E-state index is 13.0. The molecule has 0 atom stereocenters. The quantitative estimate of drug-likeness (QED) is 0.410. The number of amides is 2. The summed E-state index contributed by atoms with van der Waals surface area (Å²) in [5.41, 5.74) is 2.00. The first-order valence-electron chi connectivity index (χ1n) is 14.1. The molecule has 3 heterocycles. The van der Waals surface area contributed by atoms with Crippen LogP contribution in [0.15, 0.2) is 48.7 Å². The number of anilines is 2. The van der Waals surface area contributed by atoms with E-state index in [2.05, 4.69) is 25.5 Å². The predicted molar refractivity (Wildman–Crippen MR) is 160 cm³/mol. The average Bonchev–Trinajstić information content (AvgIpc) is 3.39. The smallest absolute Gasteiger partial charge is 0.379 e. The van der Waals surface area contributed by atoms with E-state index in [9.17, 15) is 22.8 Å². The molecule has 0 saturated carbocycles. The van der Waals surface area contributed by atoms with Crippen LogP contribution in [0, 0.1) is 6.92 Å². The van der Waals surface area contributed by atoms with Gasteiger partial charge in [-0.15, -0.1) is 0 Å². The summed E-state index contributed by atoms with van der Waals surface area (Å²) >= 11 is 6.62. The molecule has 13 heteroatoms. The van der Waals surface area contributed by atoms with Crippen molar-refractivity contribution in [1.29, 1.82) is 0 Å². The lowest BCUT2D eigenvalue weighted by atomic mass is 10.0. The molecule has 0 unspecified atom stereocenters.